The van der Waals surface area contributed by atoms with Crippen molar-refractivity contribution in [2.75, 3.05) is 0 Å². The number of benzene rings is 1. The van der Waals surface area contributed by atoms with Crippen molar-refractivity contribution in [1.82, 2.24) is 0 Å². The monoisotopic (exact) mass is 209 g/mol. The van der Waals surface area contributed by atoms with Crippen LogP contribution in [0.5, 0.6) is 0 Å². The minimum absolute atomic E-state index is 0.121. The number of aryl methyl sites for hydroxylation is 1. The highest BCUT2D eigenvalue weighted by atomic mass is 32.1. The van der Waals surface area contributed by atoms with Gasteiger partial charge in [0.25, 0.3) is 0 Å². The van der Waals surface area contributed by atoms with Crippen LogP contribution in [-0.2, 0) is 12.8 Å². The molecule has 3 N–H and O–H groups in total. The fourth-order valence-electron chi connectivity index (χ4n) is 1.25. The van der Waals surface area contributed by atoms with Gasteiger partial charge in [-0.2, -0.15) is 0 Å². The first-order chi connectivity index (χ1) is 6.63. The smallest absolute Gasteiger partial charge is 0.174 e. The summed E-state index contributed by atoms with van der Waals surface area (Å²) < 4.78 is 0. The first-order valence-corrected chi connectivity index (χ1v) is 5.10. The van der Waals surface area contributed by atoms with Crippen molar-refractivity contribution in [1.29, 1.82) is 0 Å². The summed E-state index contributed by atoms with van der Waals surface area (Å²) in [6, 6.07) is 7.76. The summed E-state index contributed by atoms with van der Waals surface area (Å²) in [5, 5.41) is 8.87. The lowest BCUT2D eigenvalue weighted by molar-refractivity contribution is 0.529. The molecule has 0 aliphatic heterocycles. The zero-order chi connectivity index (χ0) is 10.6. The van der Waals surface area contributed by atoms with E-state index >= 15 is 0 Å². The van der Waals surface area contributed by atoms with Gasteiger partial charge < -0.3 is 10.8 Å². The van der Waals surface area contributed by atoms with E-state index in [0.717, 1.165) is 12.0 Å². The van der Waals surface area contributed by atoms with Gasteiger partial charge in [-0.3, -0.25) is 0 Å². The molecular weight excluding hydrogens is 194 g/mol. The Hall–Kier alpha value is -0.930. The maximum Gasteiger partial charge on any atom is 0.174 e. The third-order valence-corrected chi connectivity index (χ3v) is 2.51. The molecule has 0 heterocycles. The highest BCUT2D eigenvalue weighted by Crippen LogP contribution is 2.07. The van der Waals surface area contributed by atoms with Crippen molar-refractivity contribution < 1.29 is 5.11 Å². The topological polar surface area (TPSA) is 46.2 Å². The van der Waals surface area contributed by atoms with E-state index in [9.17, 15) is 0 Å². The molecule has 0 aromatic heterocycles. The highest BCUT2D eigenvalue weighted by Gasteiger charge is 2.07. The van der Waals surface area contributed by atoms with E-state index in [2.05, 4.69) is 31.3 Å². The number of hydrogen-bond acceptors (Lipinski definition) is 2. The molecule has 0 aliphatic rings. The van der Waals surface area contributed by atoms with Crippen LogP contribution in [-0.4, -0.2) is 16.2 Å². The van der Waals surface area contributed by atoms with Gasteiger partial charge in [0, 0.05) is 0 Å². The predicted octanol–water partition coefficient (Wildman–Crippen LogP) is 2.00. The molecule has 0 spiro atoms. The second-order valence-corrected chi connectivity index (χ2v) is 3.74. The fraction of sp³-hybridized carbons (Fsp3) is 0.364. The molecule has 0 bridgehead atoms. The molecule has 76 valence electrons. The van der Waals surface area contributed by atoms with Gasteiger partial charge in [0.1, 0.15) is 0 Å². The summed E-state index contributed by atoms with van der Waals surface area (Å²) in [4.78, 5) is 0. The molecule has 3 heteroatoms. The summed E-state index contributed by atoms with van der Waals surface area (Å²) in [5.41, 5.74) is 8.03. The second-order valence-electron chi connectivity index (χ2n) is 3.32. The second kappa shape index (κ2) is 5.08. The summed E-state index contributed by atoms with van der Waals surface area (Å²) in [5.74, 6) is 0. The molecule has 0 fully saturated rings. The van der Waals surface area contributed by atoms with Crippen molar-refractivity contribution in [3.05, 3.63) is 35.4 Å². The van der Waals surface area contributed by atoms with Crippen molar-refractivity contribution in [2.45, 2.75) is 25.8 Å². The summed E-state index contributed by atoms with van der Waals surface area (Å²) in [6.07, 6.45) is 1.63. The quantitative estimate of drug-likeness (QED) is 0.746. The molecule has 14 heavy (non-hydrogen) atoms. The average molecular weight is 209 g/mol. The van der Waals surface area contributed by atoms with Crippen molar-refractivity contribution in [2.24, 2.45) is 5.73 Å². The Kier molecular flexibility index (Phi) is 4.04. The molecule has 1 aromatic rings. The largest absolute Gasteiger partial charge is 0.501 e. The number of nitrogens with two attached hydrogens (primary N) is 1. The third kappa shape index (κ3) is 3.09. The van der Waals surface area contributed by atoms with Gasteiger partial charge in [-0.1, -0.05) is 31.2 Å². The number of aliphatic hydroxyl groups is 1. The molecule has 0 saturated carbocycles. The Bertz CT molecular complexity index is 308. The summed E-state index contributed by atoms with van der Waals surface area (Å²) in [6.45, 7) is 2.11. The zero-order valence-corrected chi connectivity index (χ0v) is 9.05. The Labute approximate surface area is 89.7 Å². The molecule has 2 nitrogen and oxygen atoms in total. The van der Waals surface area contributed by atoms with Crippen LogP contribution in [0.15, 0.2) is 24.3 Å². The van der Waals surface area contributed by atoms with Crippen LogP contribution in [0.1, 0.15) is 18.1 Å². The van der Waals surface area contributed by atoms with Gasteiger partial charge >= 0.3 is 0 Å². The van der Waals surface area contributed by atoms with Crippen molar-refractivity contribution in [3.63, 3.8) is 0 Å². The van der Waals surface area contributed by atoms with Gasteiger partial charge in [-0.05, 0) is 36.2 Å². The van der Waals surface area contributed by atoms with Crippen molar-refractivity contribution in [3.8, 4) is 0 Å². The van der Waals surface area contributed by atoms with Crippen LogP contribution < -0.4 is 5.73 Å². The molecule has 1 rings (SSSR count). The van der Waals surface area contributed by atoms with E-state index < -0.39 is 6.04 Å². The summed E-state index contributed by atoms with van der Waals surface area (Å²) in [7, 11) is 0. The molecule has 0 unspecified atom stereocenters. The van der Waals surface area contributed by atoms with Gasteiger partial charge in [0.15, 0.2) is 5.05 Å². The highest BCUT2D eigenvalue weighted by molar-refractivity contribution is 7.80. The Morgan fingerprint density at radius 2 is 1.86 bits per heavy atom. The average Bonchev–Trinajstić information content (AvgIpc) is 2.19. The van der Waals surface area contributed by atoms with E-state index in [1.807, 2.05) is 12.1 Å². The lowest BCUT2D eigenvalue weighted by Gasteiger charge is -2.08. The van der Waals surface area contributed by atoms with Gasteiger partial charge in [0.05, 0.1) is 6.04 Å². The minimum atomic E-state index is -0.433. The minimum Gasteiger partial charge on any atom is -0.501 e. The van der Waals surface area contributed by atoms with Crippen LogP contribution >= 0.6 is 12.2 Å². The normalized spacial score (nSPS) is 12.4. The molecule has 1 aromatic carbocycles. The van der Waals surface area contributed by atoms with Crippen LogP contribution in [0.2, 0.25) is 0 Å². The van der Waals surface area contributed by atoms with E-state index in [-0.39, 0.29) is 5.05 Å². The van der Waals surface area contributed by atoms with Crippen LogP contribution in [0.3, 0.4) is 0 Å². The maximum absolute atomic E-state index is 8.99. The van der Waals surface area contributed by atoms with Crippen LogP contribution in [0, 0.1) is 0 Å². The number of thiocarbonyl (C=S) groups is 1. The number of aliphatic hydroxyl groups excluding tert-OH is 1. The van der Waals surface area contributed by atoms with Crippen LogP contribution in [0.25, 0.3) is 0 Å². The van der Waals surface area contributed by atoms with E-state index in [1.54, 1.807) is 0 Å². The molecule has 0 saturated heterocycles. The number of rotatable bonds is 4. The Morgan fingerprint density at radius 1 is 1.36 bits per heavy atom. The first-order valence-electron chi connectivity index (χ1n) is 4.69. The van der Waals surface area contributed by atoms with Gasteiger partial charge in [-0.15, -0.1) is 0 Å². The molecule has 0 aliphatic carbocycles. The van der Waals surface area contributed by atoms with Gasteiger partial charge in [-0.25, -0.2) is 0 Å². The number of hydrogen-bond donors (Lipinski definition) is 2. The molecular formula is C11H15NOS. The third-order valence-electron chi connectivity index (χ3n) is 2.20. The Balaban J connectivity index is 2.64. The maximum atomic E-state index is 8.99. The van der Waals surface area contributed by atoms with E-state index in [4.69, 9.17) is 10.8 Å². The summed E-state index contributed by atoms with van der Waals surface area (Å²) >= 11 is 4.60. The predicted molar refractivity (Wildman–Crippen MR) is 62.7 cm³/mol. The van der Waals surface area contributed by atoms with Crippen LogP contribution in [0.4, 0.5) is 0 Å². The van der Waals surface area contributed by atoms with E-state index in [0.29, 0.717) is 6.42 Å². The first kappa shape index (κ1) is 11.1. The zero-order valence-electron chi connectivity index (χ0n) is 8.23. The SMILES string of the molecule is CCc1ccc(C[C@H](N)C(O)=S)cc1. The van der Waals surface area contributed by atoms with Gasteiger partial charge in [0.2, 0.25) is 0 Å². The van der Waals surface area contributed by atoms with E-state index in [1.165, 1.54) is 5.56 Å². The standard InChI is InChI=1S/C11H15NOS/c1-2-8-3-5-9(6-4-8)7-10(12)11(13)14/h3-6,10H,2,7,12H2,1H3,(H,13,14)/t10-/m0/s1. The fourth-order valence-corrected chi connectivity index (χ4v) is 1.34. The molecule has 1 atom stereocenters. The molecule has 0 radical (unpaired) electrons. The lowest BCUT2D eigenvalue weighted by Crippen LogP contribution is -2.30. The Morgan fingerprint density at radius 3 is 2.29 bits per heavy atom. The van der Waals surface area contributed by atoms with Crippen molar-refractivity contribution >= 4 is 17.3 Å². The lowest BCUT2D eigenvalue weighted by atomic mass is 10.0. The molecule has 0 amide bonds.